The number of benzene rings is 1. The van der Waals surface area contributed by atoms with Crippen LogP contribution in [0.2, 0.25) is 0 Å². The van der Waals surface area contributed by atoms with E-state index < -0.39 is 4.92 Å². The Bertz CT molecular complexity index is 572. The van der Waals surface area contributed by atoms with Crippen molar-refractivity contribution in [1.29, 1.82) is 0 Å². The van der Waals surface area contributed by atoms with E-state index in [1.165, 1.54) is 12.1 Å². The van der Waals surface area contributed by atoms with E-state index in [1.807, 2.05) is 16.7 Å². The van der Waals surface area contributed by atoms with Crippen molar-refractivity contribution in [2.45, 2.75) is 17.7 Å². The van der Waals surface area contributed by atoms with Crippen LogP contribution in [0.4, 0.5) is 5.69 Å². The summed E-state index contributed by atoms with van der Waals surface area (Å²) in [6.07, 6.45) is 1.86. The number of carbonyl (C=O) groups is 1. The predicted octanol–water partition coefficient (Wildman–Crippen LogP) is 1.86. The van der Waals surface area contributed by atoms with Gasteiger partial charge in [-0.3, -0.25) is 14.9 Å². The van der Waals surface area contributed by atoms with Gasteiger partial charge in [-0.15, -0.1) is 11.8 Å². The van der Waals surface area contributed by atoms with E-state index in [1.54, 1.807) is 12.1 Å². The van der Waals surface area contributed by atoms with Gasteiger partial charge in [0.15, 0.2) is 0 Å². The van der Waals surface area contributed by atoms with Crippen LogP contribution in [0.3, 0.4) is 0 Å². The first kappa shape index (κ1) is 14.3. The van der Waals surface area contributed by atoms with Crippen molar-refractivity contribution in [2.75, 3.05) is 25.4 Å². The summed E-state index contributed by atoms with van der Waals surface area (Å²) in [5.74, 6) is 0.839. The Morgan fingerprint density at radius 2 is 2.14 bits per heavy atom. The zero-order chi connectivity index (χ0) is 14.9. The second-order valence-electron chi connectivity index (χ2n) is 5.31. The summed E-state index contributed by atoms with van der Waals surface area (Å²) in [6, 6.07) is 6.02. The molecule has 1 N–H and O–H groups in total. The van der Waals surface area contributed by atoms with Crippen molar-refractivity contribution in [2.24, 2.45) is 0 Å². The van der Waals surface area contributed by atoms with Gasteiger partial charge in [0.05, 0.1) is 9.79 Å². The average Bonchev–Trinajstić information content (AvgIpc) is 2.90. The van der Waals surface area contributed by atoms with Crippen LogP contribution in [-0.2, 0) is 0 Å². The Morgan fingerprint density at radius 3 is 2.86 bits per heavy atom. The first-order chi connectivity index (χ1) is 10.1. The van der Waals surface area contributed by atoms with Crippen molar-refractivity contribution in [1.82, 2.24) is 10.2 Å². The number of thioether (sulfide) groups is 1. The van der Waals surface area contributed by atoms with Gasteiger partial charge in [0.2, 0.25) is 0 Å². The minimum Gasteiger partial charge on any atom is -0.323 e. The van der Waals surface area contributed by atoms with E-state index in [4.69, 9.17) is 0 Å². The summed E-state index contributed by atoms with van der Waals surface area (Å²) in [5.41, 5.74) is 0.372. The van der Waals surface area contributed by atoms with Crippen molar-refractivity contribution < 1.29 is 9.72 Å². The maximum atomic E-state index is 12.8. The van der Waals surface area contributed by atoms with E-state index in [0.29, 0.717) is 12.1 Å². The molecule has 7 heteroatoms. The molecule has 2 heterocycles. The van der Waals surface area contributed by atoms with Crippen molar-refractivity contribution in [3.63, 3.8) is 0 Å². The van der Waals surface area contributed by atoms with Crippen LogP contribution >= 0.6 is 11.8 Å². The van der Waals surface area contributed by atoms with E-state index in [9.17, 15) is 14.9 Å². The quantitative estimate of drug-likeness (QED) is 0.667. The standard InChI is InChI=1S/C14H17N3O3S/c18-13(11-2-1-3-12(10-11)17(19)20)16-8-9-21-14(16)4-6-15-7-5-14/h1-3,10,15H,4-9H2. The van der Waals surface area contributed by atoms with Crippen LogP contribution < -0.4 is 5.32 Å². The number of nitro benzene ring substituents is 1. The van der Waals surface area contributed by atoms with Gasteiger partial charge in [0.25, 0.3) is 11.6 Å². The summed E-state index contributed by atoms with van der Waals surface area (Å²) in [4.78, 5) is 24.9. The number of hydrogen-bond donors (Lipinski definition) is 1. The molecule has 2 saturated heterocycles. The van der Waals surface area contributed by atoms with Crippen LogP contribution in [-0.4, -0.2) is 46.0 Å². The molecule has 1 aromatic carbocycles. The fraction of sp³-hybridized carbons (Fsp3) is 0.500. The van der Waals surface area contributed by atoms with Crippen molar-refractivity contribution >= 4 is 23.4 Å². The van der Waals surface area contributed by atoms with Crippen LogP contribution in [0.5, 0.6) is 0 Å². The van der Waals surface area contributed by atoms with Crippen LogP contribution in [0.25, 0.3) is 0 Å². The second kappa shape index (κ2) is 5.65. The first-order valence-electron chi connectivity index (χ1n) is 7.03. The molecule has 0 bridgehead atoms. The molecule has 1 amide bonds. The van der Waals surface area contributed by atoms with Crippen LogP contribution in [0, 0.1) is 10.1 Å². The topological polar surface area (TPSA) is 75.5 Å². The molecule has 21 heavy (non-hydrogen) atoms. The molecule has 1 aromatic rings. The number of nitro groups is 1. The predicted molar refractivity (Wildman–Crippen MR) is 81.4 cm³/mol. The lowest BCUT2D eigenvalue weighted by Gasteiger charge is -2.40. The average molecular weight is 307 g/mol. The fourth-order valence-corrected chi connectivity index (χ4v) is 4.51. The highest BCUT2D eigenvalue weighted by Crippen LogP contribution is 2.43. The molecule has 2 aliphatic rings. The fourth-order valence-electron chi connectivity index (χ4n) is 3.04. The Balaban J connectivity index is 1.87. The maximum absolute atomic E-state index is 12.8. The molecule has 112 valence electrons. The van der Waals surface area contributed by atoms with Gasteiger partial charge < -0.3 is 10.2 Å². The van der Waals surface area contributed by atoms with Gasteiger partial charge in [0, 0.05) is 30.0 Å². The molecular formula is C14H17N3O3S. The monoisotopic (exact) mass is 307 g/mol. The number of carbonyl (C=O) groups excluding carboxylic acids is 1. The van der Waals surface area contributed by atoms with Gasteiger partial charge in [-0.2, -0.15) is 0 Å². The molecule has 0 saturated carbocycles. The Morgan fingerprint density at radius 1 is 1.38 bits per heavy atom. The largest absolute Gasteiger partial charge is 0.323 e. The lowest BCUT2D eigenvalue weighted by atomic mass is 10.0. The van der Waals surface area contributed by atoms with Crippen molar-refractivity contribution in [3.05, 3.63) is 39.9 Å². The molecule has 1 spiro atoms. The molecule has 0 aromatic heterocycles. The SMILES string of the molecule is O=C(c1cccc([N+](=O)[O-])c1)N1CCSC12CCNCC2. The maximum Gasteiger partial charge on any atom is 0.270 e. The van der Waals surface area contributed by atoms with Crippen molar-refractivity contribution in [3.8, 4) is 0 Å². The van der Waals surface area contributed by atoms with E-state index in [-0.39, 0.29) is 16.5 Å². The number of nitrogens with zero attached hydrogens (tertiary/aromatic N) is 2. The van der Waals surface area contributed by atoms with Crippen LogP contribution in [0.15, 0.2) is 24.3 Å². The highest BCUT2D eigenvalue weighted by molar-refractivity contribution is 8.00. The Labute approximate surface area is 127 Å². The Hall–Kier alpha value is -1.60. The van der Waals surface area contributed by atoms with E-state index in [2.05, 4.69) is 5.32 Å². The number of hydrogen-bond acceptors (Lipinski definition) is 5. The molecule has 0 unspecified atom stereocenters. The zero-order valence-corrected chi connectivity index (χ0v) is 12.4. The Kier molecular flexibility index (Phi) is 3.86. The van der Waals surface area contributed by atoms with E-state index in [0.717, 1.165) is 31.7 Å². The van der Waals surface area contributed by atoms with Gasteiger partial charge in [0.1, 0.15) is 0 Å². The minimum atomic E-state index is -0.462. The number of piperidine rings is 1. The lowest BCUT2D eigenvalue weighted by molar-refractivity contribution is -0.384. The number of amides is 1. The first-order valence-corrected chi connectivity index (χ1v) is 8.02. The normalized spacial score (nSPS) is 20.7. The third-order valence-corrected chi connectivity index (χ3v) is 5.66. The molecule has 3 rings (SSSR count). The molecule has 0 aliphatic carbocycles. The van der Waals surface area contributed by atoms with Gasteiger partial charge >= 0.3 is 0 Å². The molecule has 2 fully saturated rings. The smallest absolute Gasteiger partial charge is 0.270 e. The number of rotatable bonds is 2. The van der Waals surface area contributed by atoms with Gasteiger partial charge in [-0.1, -0.05) is 6.07 Å². The van der Waals surface area contributed by atoms with E-state index >= 15 is 0 Å². The summed E-state index contributed by atoms with van der Waals surface area (Å²) < 4.78 is 0. The molecule has 2 aliphatic heterocycles. The zero-order valence-electron chi connectivity index (χ0n) is 11.6. The summed E-state index contributed by atoms with van der Waals surface area (Å²) in [6.45, 7) is 2.53. The third-order valence-electron chi connectivity index (χ3n) is 4.11. The number of nitrogens with one attached hydrogen (secondary N) is 1. The van der Waals surface area contributed by atoms with Gasteiger partial charge in [-0.05, 0) is 32.0 Å². The lowest BCUT2D eigenvalue weighted by Crippen LogP contribution is -2.51. The van der Waals surface area contributed by atoms with Crippen LogP contribution in [0.1, 0.15) is 23.2 Å². The minimum absolute atomic E-state index is 0.0351. The molecule has 6 nitrogen and oxygen atoms in total. The number of non-ortho nitro benzene ring substituents is 1. The molecular weight excluding hydrogens is 290 g/mol. The molecule has 0 radical (unpaired) electrons. The molecule has 0 atom stereocenters. The van der Waals surface area contributed by atoms with Gasteiger partial charge in [-0.25, -0.2) is 0 Å². The summed E-state index contributed by atoms with van der Waals surface area (Å²) >= 11 is 1.84. The summed E-state index contributed by atoms with van der Waals surface area (Å²) in [5, 5.41) is 14.2. The third kappa shape index (κ3) is 2.63. The second-order valence-corrected chi connectivity index (χ2v) is 6.77. The highest BCUT2D eigenvalue weighted by Gasteiger charge is 2.45. The summed E-state index contributed by atoms with van der Waals surface area (Å²) in [7, 11) is 0. The highest BCUT2D eigenvalue weighted by atomic mass is 32.2.